The molecular weight excluding hydrogens is 314 g/mol. The monoisotopic (exact) mass is 347 g/mol. The summed E-state index contributed by atoms with van der Waals surface area (Å²) in [6.45, 7) is 13.1. The third-order valence-electron chi connectivity index (χ3n) is 4.97. The normalized spacial score (nSPS) is 16.2. The molecule has 0 radical (unpaired) electrons. The fourth-order valence-corrected chi connectivity index (χ4v) is 3.26. The van der Waals surface area contributed by atoms with Crippen LogP contribution in [0.3, 0.4) is 0 Å². The molecule has 6 nitrogen and oxygen atoms in total. The van der Waals surface area contributed by atoms with Gasteiger partial charge in [-0.25, -0.2) is 4.79 Å². The predicted molar refractivity (Wildman–Crippen MR) is 103 cm³/mol. The summed E-state index contributed by atoms with van der Waals surface area (Å²) in [6.07, 6.45) is 5.78. The zero-order valence-electron chi connectivity index (χ0n) is 15.9. The average Bonchev–Trinajstić information content (AvgIpc) is 2.66. The lowest BCUT2D eigenvalue weighted by Gasteiger charge is -2.36. The molecular formula is C19H33N5O. The number of pyridine rings is 1. The first-order chi connectivity index (χ1) is 12.1. The van der Waals surface area contributed by atoms with Crippen LogP contribution >= 0.6 is 0 Å². The van der Waals surface area contributed by atoms with Gasteiger partial charge in [-0.15, -0.1) is 0 Å². The maximum absolute atomic E-state index is 12.4. The van der Waals surface area contributed by atoms with Gasteiger partial charge in [-0.2, -0.15) is 0 Å². The van der Waals surface area contributed by atoms with Crippen molar-refractivity contribution in [3.63, 3.8) is 0 Å². The number of nitrogens with one attached hydrogen (secondary N) is 1. The minimum Gasteiger partial charge on any atom is -0.368 e. The van der Waals surface area contributed by atoms with E-state index in [9.17, 15) is 4.79 Å². The van der Waals surface area contributed by atoms with Crippen LogP contribution in [0.15, 0.2) is 24.5 Å². The summed E-state index contributed by atoms with van der Waals surface area (Å²) in [4.78, 5) is 23.2. The second kappa shape index (κ2) is 10.2. The SMILES string of the molecule is CCN(CC)CCC[C@@H](C)NC(=O)N1CCN(c2ccncc2)CC1. The Hall–Kier alpha value is -1.82. The summed E-state index contributed by atoms with van der Waals surface area (Å²) in [5.74, 6) is 0. The molecule has 0 aromatic carbocycles. The van der Waals surface area contributed by atoms with Crippen LogP contribution in [0.4, 0.5) is 10.5 Å². The number of hydrogen-bond donors (Lipinski definition) is 1. The van der Waals surface area contributed by atoms with E-state index in [4.69, 9.17) is 0 Å². The summed E-state index contributed by atoms with van der Waals surface area (Å²) < 4.78 is 0. The topological polar surface area (TPSA) is 51.7 Å². The zero-order valence-corrected chi connectivity index (χ0v) is 15.9. The van der Waals surface area contributed by atoms with Gasteiger partial charge in [0.2, 0.25) is 0 Å². The number of carbonyl (C=O) groups is 1. The molecule has 2 amide bonds. The molecule has 1 aromatic heterocycles. The van der Waals surface area contributed by atoms with Gasteiger partial charge in [-0.05, 0) is 51.5 Å². The third-order valence-corrected chi connectivity index (χ3v) is 4.97. The maximum atomic E-state index is 12.4. The fourth-order valence-electron chi connectivity index (χ4n) is 3.26. The van der Waals surface area contributed by atoms with E-state index in [0.717, 1.165) is 58.7 Å². The highest BCUT2D eigenvalue weighted by Gasteiger charge is 2.22. The Morgan fingerprint density at radius 3 is 2.44 bits per heavy atom. The van der Waals surface area contributed by atoms with Gasteiger partial charge in [-0.1, -0.05) is 13.8 Å². The molecule has 1 fully saturated rings. The van der Waals surface area contributed by atoms with Crippen LogP contribution in [-0.2, 0) is 0 Å². The number of nitrogens with zero attached hydrogens (tertiary/aromatic N) is 4. The van der Waals surface area contributed by atoms with Gasteiger partial charge in [0.25, 0.3) is 0 Å². The van der Waals surface area contributed by atoms with Gasteiger partial charge in [0.15, 0.2) is 0 Å². The Morgan fingerprint density at radius 1 is 1.20 bits per heavy atom. The van der Waals surface area contributed by atoms with Crippen molar-refractivity contribution in [3.05, 3.63) is 24.5 Å². The van der Waals surface area contributed by atoms with Crippen LogP contribution in [0, 0.1) is 0 Å². The molecule has 1 aromatic rings. The summed E-state index contributed by atoms with van der Waals surface area (Å²) in [5.41, 5.74) is 1.18. The van der Waals surface area contributed by atoms with Crippen LogP contribution < -0.4 is 10.2 Å². The minimum atomic E-state index is 0.0738. The number of urea groups is 1. The van der Waals surface area contributed by atoms with Crippen LogP contribution in [0.1, 0.15) is 33.6 Å². The summed E-state index contributed by atoms with van der Waals surface area (Å²) in [7, 11) is 0. The predicted octanol–water partition coefficient (Wildman–Crippen LogP) is 2.42. The first kappa shape index (κ1) is 19.5. The molecule has 140 valence electrons. The molecule has 1 aliphatic heterocycles. The van der Waals surface area contributed by atoms with Crippen LogP contribution in [0.25, 0.3) is 0 Å². The van der Waals surface area contributed by atoms with Crippen LogP contribution in [-0.4, -0.2) is 72.7 Å². The molecule has 0 unspecified atom stereocenters. The van der Waals surface area contributed by atoms with Crippen LogP contribution in [0.5, 0.6) is 0 Å². The lowest BCUT2D eigenvalue weighted by molar-refractivity contribution is 0.189. The van der Waals surface area contributed by atoms with Gasteiger partial charge in [0.05, 0.1) is 0 Å². The molecule has 0 aliphatic carbocycles. The largest absolute Gasteiger partial charge is 0.368 e. The molecule has 1 saturated heterocycles. The van der Waals surface area contributed by atoms with Crippen molar-refractivity contribution in [3.8, 4) is 0 Å². The van der Waals surface area contributed by atoms with E-state index in [-0.39, 0.29) is 12.1 Å². The number of piperazine rings is 1. The Morgan fingerprint density at radius 2 is 1.84 bits per heavy atom. The molecule has 0 spiro atoms. The molecule has 6 heteroatoms. The Balaban J connectivity index is 1.68. The maximum Gasteiger partial charge on any atom is 0.317 e. The summed E-state index contributed by atoms with van der Waals surface area (Å²) in [6, 6.07) is 4.34. The summed E-state index contributed by atoms with van der Waals surface area (Å²) >= 11 is 0. The molecule has 1 atom stereocenters. The van der Waals surface area contributed by atoms with Gasteiger partial charge in [0, 0.05) is 50.3 Å². The highest BCUT2D eigenvalue weighted by Crippen LogP contribution is 2.14. The van der Waals surface area contributed by atoms with Crippen molar-refractivity contribution in [1.29, 1.82) is 0 Å². The van der Waals surface area contributed by atoms with Crippen molar-refractivity contribution < 1.29 is 4.79 Å². The van der Waals surface area contributed by atoms with Crippen molar-refractivity contribution in [2.45, 2.75) is 39.7 Å². The van der Waals surface area contributed by atoms with E-state index in [1.54, 1.807) is 0 Å². The average molecular weight is 348 g/mol. The van der Waals surface area contributed by atoms with E-state index in [2.05, 4.69) is 40.9 Å². The first-order valence-electron chi connectivity index (χ1n) is 9.56. The van der Waals surface area contributed by atoms with Gasteiger partial charge in [0.1, 0.15) is 0 Å². The molecule has 0 bridgehead atoms. The lowest BCUT2D eigenvalue weighted by Crippen LogP contribution is -2.53. The zero-order chi connectivity index (χ0) is 18.1. The molecule has 1 aliphatic rings. The second-order valence-electron chi connectivity index (χ2n) is 6.70. The highest BCUT2D eigenvalue weighted by atomic mass is 16.2. The Kier molecular flexibility index (Phi) is 7.98. The number of hydrogen-bond acceptors (Lipinski definition) is 4. The Labute approximate surface area is 152 Å². The number of anilines is 1. The lowest BCUT2D eigenvalue weighted by atomic mass is 10.2. The highest BCUT2D eigenvalue weighted by molar-refractivity contribution is 5.74. The number of aromatic nitrogens is 1. The van der Waals surface area contributed by atoms with Gasteiger partial charge >= 0.3 is 6.03 Å². The van der Waals surface area contributed by atoms with E-state index >= 15 is 0 Å². The molecule has 2 rings (SSSR count). The summed E-state index contributed by atoms with van der Waals surface area (Å²) in [5, 5.41) is 3.15. The quantitative estimate of drug-likeness (QED) is 0.785. The van der Waals surface area contributed by atoms with Gasteiger partial charge in [-0.3, -0.25) is 4.98 Å². The standard InChI is InChI=1S/C19H33N5O/c1-4-22(5-2)12-6-7-17(3)21-19(25)24-15-13-23(14-16-24)18-8-10-20-11-9-18/h8-11,17H,4-7,12-16H2,1-3H3,(H,21,25)/t17-/m1/s1. The van der Waals surface area contributed by atoms with Crippen LogP contribution in [0.2, 0.25) is 0 Å². The molecule has 0 saturated carbocycles. The smallest absolute Gasteiger partial charge is 0.317 e. The van der Waals surface area contributed by atoms with E-state index in [1.807, 2.05) is 29.4 Å². The number of amides is 2. The number of carbonyl (C=O) groups excluding carboxylic acids is 1. The van der Waals surface area contributed by atoms with E-state index < -0.39 is 0 Å². The number of rotatable bonds is 8. The fraction of sp³-hybridized carbons (Fsp3) is 0.684. The van der Waals surface area contributed by atoms with E-state index in [1.165, 1.54) is 5.69 Å². The van der Waals surface area contributed by atoms with Crippen molar-refractivity contribution in [2.75, 3.05) is 50.7 Å². The molecule has 1 N–H and O–H groups in total. The second-order valence-corrected chi connectivity index (χ2v) is 6.70. The first-order valence-corrected chi connectivity index (χ1v) is 9.56. The third kappa shape index (κ3) is 6.20. The van der Waals surface area contributed by atoms with Crippen molar-refractivity contribution >= 4 is 11.7 Å². The minimum absolute atomic E-state index is 0.0738. The van der Waals surface area contributed by atoms with Gasteiger partial charge < -0.3 is 20.0 Å². The molecule has 2 heterocycles. The van der Waals surface area contributed by atoms with Crippen molar-refractivity contribution in [2.24, 2.45) is 0 Å². The van der Waals surface area contributed by atoms with Crippen molar-refractivity contribution in [1.82, 2.24) is 20.1 Å². The molecule has 25 heavy (non-hydrogen) atoms. The van der Waals surface area contributed by atoms with E-state index in [0.29, 0.717) is 0 Å². The Bertz CT molecular complexity index is 498.